The van der Waals surface area contributed by atoms with Crippen molar-refractivity contribution in [3.63, 3.8) is 0 Å². The van der Waals surface area contributed by atoms with Crippen LogP contribution in [0.4, 0.5) is 0 Å². The number of nitrogens with one attached hydrogen (secondary N) is 1. The lowest BCUT2D eigenvalue weighted by Crippen LogP contribution is -2.33. The Hall–Kier alpha value is -1.71. The standard InChI is InChI=1S/C11H13N3O4S2/c1-7-12-9(6-14(7)2)20(17,18)13-10(11(15)16)8-4-3-5-19-8/h3-6,10,13H,1-2H3,(H,15,16). The van der Waals surface area contributed by atoms with Crippen LogP contribution in [0.3, 0.4) is 0 Å². The summed E-state index contributed by atoms with van der Waals surface area (Å²) in [6.07, 6.45) is 1.34. The minimum atomic E-state index is -3.99. The molecule has 2 aromatic rings. The summed E-state index contributed by atoms with van der Waals surface area (Å²) in [5.41, 5.74) is 0. The third-order valence-corrected chi connectivity index (χ3v) is 4.94. The monoisotopic (exact) mass is 315 g/mol. The Morgan fingerprint density at radius 1 is 1.55 bits per heavy atom. The molecule has 2 N–H and O–H groups in total. The second-order valence-electron chi connectivity index (χ2n) is 4.15. The first kappa shape index (κ1) is 14.7. The fourth-order valence-corrected chi connectivity index (χ4v) is 3.61. The summed E-state index contributed by atoms with van der Waals surface area (Å²) in [5.74, 6) is -0.739. The van der Waals surface area contributed by atoms with Crippen molar-refractivity contribution in [2.45, 2.75) is 18.0 Å². The summed E-state index contributed by atoms with van der Waals surface area (Å²) in [6.45, 7) is 1.66. The first-order valence-electron chi connectivity index (χ1n) is 5.60. The number of rotatable bonds is 5. The highest BCUT2D eigenvalue weighted by molar-refractivity contribution is 7.89. The molecule has 0 aliphatic heterocycles. The molecule has 0 saturated carbocycles. The molecule has 0 aliphatic rings. The Bertz CT molecular complexity index is 699. The van der Waals surface area contributed by atoms with Gasteiger partial charge in [0.1, 0.15) is 5.82 Å². The van der Waals surface area contributed by atoms with Crippen molar-refractivity contribution in [1.82, 2.24) is 14.3 Å². The van der Waals surface area contributed by atoms with Crippen LogP contribution in [-0.2, 0) is 21.9 Å². The van der Waals surface area contributed by atoms with Crippen LogP contribution in [0.1, 0.15) is 16.7 Å². The van der Waals surface area contributed by atoms with Crippen LogP contribution >= 0.6 is 11.3 Å². The lowest BCUT2D eigenvalue weighted by atomic mass is 10.3. The number of hydrogen-bond acceptors (Lipinski definition) is 5. The summed E-state index contributed by atoms with van der Waals surface area (Å²) in [5, 5.41) is 10.7. The van der Waals surface area contributed by atoms with Gasteiger partial charge in [0.2, 0.25) is 0 Å². The highest BCUT2D eigenvalue weighted by Gasteiger charge is 2.29. The van der Waals surface area contributed by atoms with Gasteiger partial charge in [0, 0.05) is 18.1 Å². The predicted molar refractivity (Wildman–Crippen MR) is 73.0 cm³/mol. The Morgan fingerprint density at radius 2 is 2.25 bits per heavy atom. The minimum Gasteiger partial charge on any atom is -0.480 e. The van der Waals surface area contributed by atoms with E-state index in [4.69, 9.17) is 5.11 Å². The Morgan fingerprint density at radius 3 is 2.70 bits per heavy atom. The molecule has 1 atom stereocenters. The Balaban J connectivity index is 2.33. The normalized spacial score (nSPS) is 13.3. The number of aromatic nitrogens is 2. The molecule has 7 nitrogen and oxygen atoms in total. The summed E-state index contributed by atoms with van der Waals surface area (Å²) in [6, 6.07) is 1.91. The molecule has 108 valence electrons. The molecule has 9 heteroatoms. The smallest absolute Gasteiger partial charge is 0.327 e. The number of thiophene rings is 1. The SMILES string of the molecule is Cc1nc(S(=O)(=O)NC(C(=O)O)c2cccs2)cn1C. The summed E-state index contributed by atoms with van der Waals surface area (Å²) < 4.78 is 28.0. The van der Waals surface area contributed by atoms with Crippen LogP contribution in [0.25, 0.3) is 0 Å². The largest absolute Gasteiger partial charge is 0.480 e. The summed E-state index contributed by atoms with van der Waals surface area (Å²) in [7, 11) is -2.33. The first-order chi connectivity index (χ1) is 9.31. The van der Waals surface area contributed by atoms with E-state index in [1.165, 1.54) is 17.5 Å². The molecule has 0 amide bonds. The van der Waals surface area contributed by atoms with Crippen molar-refractivity contribution in [3.05, 3.63) is 34.4 Å². The van der Waals surface area contributed by atoms with Gasteiger partial charge in [-0.25, -0.2) is 13.4 Å². The van der Waals surface area contributed by atoms with Crippen molar-refractivity contribution >= 4 is 27.3 Å². The minimum absolute atomic E-state index is 0.194. The van der Waals surface area contributed by atoms with Gasteiger partial charge in [-0.1, -0.05) is 6.07 Å². The molecule has 2 aromatic heterocycles. The molecule has 0 saturated heterocycles. The maximum absolute atomic E-state index is 12.2. The van der Waals surface area contributed by atoms with Gasteiger partial charge in [-0.2, -0.15) is 4.72 Å². The zero-order valence-corrected chi connectivity index (χ0v) is 12.4. The first-order valence-corrected chi connectivity index (χ1v) is 7.96. The fourth-order valence-electron chi connectivity index (χ4n) is 1.56. The van der Waals surface area contributed by atoms with E-state index in [0.29, 0.717) is 10.7 Å². The third-order valence-electron chi connectivity index (χ3n) is 2.71. The molecule has 0 spiro atoms. The zero-order valence-electron chi connectivity index (χ0n) is 10.8. The van der Waals surface area contributed by atoms with Gasteiger partial charge < -0.3 is 9.67 Å². The van der Waals surface area contributed by atoms with E-state index in [9.17, 15) is 13.2 Å². The van der Waals surface area contributed by atoms with Crippen LogP contribution in [0.5, 0.6) is 0 Å². The van der Waals surface area contributed by atoms with Crippen molar-refractivity contribution in [3.8, 4) is 0 Å². The molecule has 20 heavy (non-hydrogen) atoms. The number of nitrogens with zero attached hydrogens (tertiary/aromatic N) is 2. The highest BCUT2D eigenvalue weighted by Crippen LogP contribution is 2.21. The summed E-state index contributed by atoms with van der Waals surface area (Å²) >= 11 is 1.17. The molecule has 0 bridgehead atoms. The van der Waals surface area contributed by atoms with Crippen molar-refractivity contribution in [1.29, 1.82) is 0 Å². The second kappa shape index (κ2) is 5.35. The van der Waals surface area contributed by atoms with Gasteiger partial charge >= 0.3 is 5.97 Å². The van der Waals surface area contributed by atoms with Crippen LogP contribution in [0.15, 0.2) is 28.7 Å². The van der Waals surface area contributed by atoms with E-state index in [2.05, 4.69) is 9.71 Å². The van der Waals surface area contributed by atoms with Crippen molar-refractivity contribution in [2.75, 3.05) is 0 Å². The van der Waals surface area contributed by atoms with E-state index in [1.807, 2.05) is 0 Å². The van der Waals surface area contributed by atoms with Gasteiger partial charge in [-0.15, -0.1) is 11.3 Å². The van der Waals surface area contributed by atoms with Gasteiger partial charge in [0.05, 0.1) is 0 Å². The van der Waals surface area contributed by atoms with Crippen LogP contribution in [0.2, 0.25) is 0 Å². The molecule has 2 rings (SSSR count). The molecular formula is C11H13N3O4S2. The van der Waals surface area contributed by atoms with Crippen molar-refractivity contribution in [2.24, 2.45) is 7.05 Å². The number of sulfonamides is 1. The number of imidazole rings is 1. The quantitative estimate of drug-likeness (QED) is 0.853. The van der Waals surface area contributed by atoms with Crippen LogP contribution < -0.4 is 4.72 Å². The molecule has 1 unspecified atom stereocenters. The Labute approximate surface area is 119 Å². The number of carboxylic acids is 1. The molecule has 2 heterocycles. The van der Waals surface area contributed by atoms with Crippen LogP contribution in [-0.4, -0.2) is 29.0 Å². The van der Waals surface area contributed by atoms with E-state index >= 15 is 0 Å². The van der Waals surface area contributed by atoms with E-state index < -0.39 is 22.0 Å². The number of hydrogen-bond donors (Lipinski definition) is 2. The predicted octanol–water partition coefficient (Wildman–Crippen LogP) is 0.894. The third kappa shape index (κ3) is 2.89. The molecule has 0 radical (unpaired) electrons. The summed E-state index contributed by atoms with van der Waals surface area (Å²) in [4.78, 5) is 15.5. The van der Waals surface area contributed by atoms with Crippen LogP contribution in [0, 0.1) is 6.92 Å². The number of carbonyl (C=O) groups is 1. The topological polar surface area (TPSA) is 101 Å². The average Bonchev–Trinajstić information content (AvgIpc) is 2.97. The van der Waals surface area contributed by atoms with E-state index in [-0.39, 0.29) is 5.03 Å². The van der Waals surface area contributed by atoms with E-state index in [0.717, 1.165) is 0 Å². The highest BCUT2D eigenvalue weighted by atomic mass is 32.2. The lowest BCUT2D eigenvalue weighted by molar-refractivity contribution is -0.139. The second-order valence-corrected chi connectivity index (χ2v) is 6.79. The zero-order chi connectivity index (χ0) is 14.9. The van der Waals surface area contributed by atoms with Gasteiger partial charge in [0.15, 0.2) is 11.1 Å². The van der Waals surface area contributed by atoms with E-state index in [1.54, 1.807) is 36.1 Å². The average molecular weight is 315 g/mol. The number of aryl methyl sites for hydroxylation is 2. The molecule has 0 aliphatic carbocycles. The van der Waals surface area contributed by atoms with Gasteiger partial charge in [-0.3, -0.25) is 4.79 Å². The molecule has 0 fully saturated rings. The lowest BCUT2D eigenvalue weighted by Gasteiger charge is -2.11. The Kier molecular flexibility index (Phi) is 3.93. The van der Waals surface area contributed by atoms with Crippen molar-refractivity contribution < 1.29 is 18.3 Å². The van der Waals surface area contributed by atoms with Gasteiger partial charge in [0.25, 0.3) is 10.0 Å². The molecular weight excluding hydrogens is 302 g/mol. The van der Waals surface area contributed by atoms with Gasteiger partial charge in [-0.05, 0) is 18.4 Å². The molecule has 0 aromatic carbocycles. The maximum atomic E-state index is 12.2. The number of aliphatic carboxylic acids is 1. The fraction of sp³-hybridized carbons (Fsp3) is 0.273. The maximum Gasteiger partial charge on any atom is 0.327 e. The number of carboxylic acid groups (broad SMARTS) is 1.